The third kappa shape index (κ3) is 9.23. The lowest BCUT2D eigenvalue weighted by molar-refractivity contribution is -0.118. The first-order valence-electron chi connectivity index (χ1n) is 11.8. The van der Waals surface area contributed by atoms with Crippen LogP contribution in [0.2, 0.25) is 0 Å². The Hall–Kier alpha value is -2.77. The molecule has 0 aromatic carbocycles. The van der Waals surface area contributed by atoms with Gasteiger partial charge in [-0.25, -0.2) is 13.1 Å². The summed E-state index contributed by atoms with van der Waals surface area (Å²) in [5.74, 6) is 0.296. The zero-order chi connectivity index (χ0) is 26.1. The molecule has 0 saturated heterocycles. The second kappa shape index (κ2) is 16.8. The van der Waals surface area contributed by atoms with Crippen LogP contribution in [-0.4, -0.2) is 32.7 Å². The second-order valence-corrected chi connectivity index (χ2v) is 8.72. The normalized spacial score (nSPS) is 22.0. The number of hydrogen-bond donors (Lipinski definition) is 2. The van der Waals surface area contributed by atoms with Crippen molar-refractivity contribution in [3.05, 3.63) is 84.4 Å². The number of amidine groups is 1. The molecule has 2 unspecified atom stereocenters. The summed E-state index contributed by atoms with van der Waals surface area (Å²) in [5.41, 5.74) is 2.38. The zero-order valence-electron chi connectivity index (χ0n) is 21.3. The van der Waals surface area contributed by atoms with Gasteiger partial charge in [0.1, 0.15) is 5.84 Å². The number of aliphatic imine (C=N–C) groups is 1. The fourth-order valence-corrected chi connectivity index (χ4v) is 4.59. The van der Waals surface area contributed by atoms with Crippen LogP contribution < -0.4 is 10.0 Å². The summed E-state index contributed by atoms with van der Waals surface area (Å²) < 4.78 is 26.9. The first-order chi connectivity index (χ1) is 16.4. The Morgan fingerprint density at radius 3 is 2.32 bits per heavy atom. The van der Waals surface area contributed by atoms with Gasteiger partial charge >= 0.3 is 0 Å². The van der Waals surface area contributed by atoms with E-state index in [-0.39, 0.29) is 23.4 Å². The highest BCUT2D eigenvalue weighted by molar-refractivity contribution is 7.93. The molecule has 6 nitrogen and oxygen atoms in total. The number of nitrogens with zero attached hydrogens (tertiary/aromatic N) is 1. The number of allylic oxidation sites excluding steroid dienone is 9. The van der Waals surface area contributed by atoms with Crippen molar-refractivity contribution in [3.63, 3.8) is 0 Å². The third-order valence-corrected chi connectivity index (χ3v) is 6.41. The van der Waals surface area contributed by atoms with Crippen molar-refractivity contribution < 1.29 is 13.2 Å². The predicted molar refractivity (Wildman–Crippen MR) is 146 cm³/mol. The molecule has 1 saturated carbocycles. The number of sulfonamides is 1. The predicted octanol–water partition coefficient (Wildman–Crippen LogP) is 5.53. The number of rotatable bonds is 8. The standard InChI is InChI=1S/C23H29N3O3S.2C2H6/c1-5-9-12-18(8-4)30(28,29)24-16-23(27)26-22-15-20-19(11-7-3)17(10-6-2)13-14-21(20)25-22;2*1-2/h5-12,20-21,24H,2-4,13-16H2,1H3,(H,25,26,27);2*1-2H3/b9-5-,17-10-,18-12+,19-11+;;. The molecule has 34 heavy (non-hydrogen) atoms. The van der Waals surface area contributed by atoms with Crippen LogP contribution >= 0.6 is 0 Å². The van der Waals surface area contributed by atoms with Crippen LogP contribution in [-0.2, 0) is 14.8 Å². The number of amides is 1. The Morgan fingerprint density at radius 2 is 1.76 bits per heavy atom. The van der Waals surface area contributed by atoms with Gasteiger partial charge in [-0.15, -0.1) is 0 Å². The summed E-state index contributed by atoms with van der Waals surface area (Å²) in [4.78, 5) is 17.0. The van der Waals surface area contributed by atoms with E-state index in [1.165, 1.54) is 23.3 Å². The van der Waals surface area contributed by atoms with Crippen molar-refractivity contribution in [3.8, 4) is 0 Å². The van der Waals surface area contributed by atoms with Crippen molar-refractivity contribution >= 4 is 21.8 Å². The monoisotopic (exact) mass is 487 g/mol. The number of nitrogens with one attached hydrogen (secondary N) is 2. The van der Waals surface area contributed by atoms with Crippen molar-refractivity contribution in [1.29, 1.82) is 0 Å². The Balaban J connectivity index is 0.00000258. The van der Waals surface area contributed by atoms with Gasteiger partial charge in [0, 0.05) is 12.3 Å². The van der Waals surface area contributed by atoms with E-state index in [4.69, 9.17) is 0 Å². The number of carbonyl (C=O) groups excluding carboxylic acids is 1. The van der Waals surface area contributed by atoms with Crippen molar-refractivity contribution in [2.75, 3.05) is 6.54 Å². The van der Waals surface area contributed by atoms with Gasteiger partial charge in [0.2, 0.25) is 15.9 Å². The first-order valence-corrected chi connectivity index (χ1v) is 13.3. The van der Waals surface area contributed by atoms with Crippen LogP contribution in [0, 0.1) is 5.92 Å². The van der Waals surface area contributed by atoms with Gasteiger partial charge in [-0.05, 0) is 43.1 Å². The van der Waals surface area contributed by atoms with E-state index < -0.39 is 15.9 Å². The van der Waals surface area contributed by atoms with Crippen LogP contribution in [0.15, 0.2) is 89.4 Å². The number of carbonyl (C=O) groups is 1. The van der Waals surface area contributed by atoms with E-state index in [2.05, 4.69) is 34.8 Å². The highest BCUT2D eigenvalue weighted by Gasteiger charge is 2.36. The molecule has 2 N–H and O–H groups in total. The van der Waals surface area contributed by atoms with Crippen LogP contribution in [0.4, 0.5) is 0 Å². The van der Waals surface area contributed by atoms with E-state index in [1.54, 1.807) is 31.2 Å². The minimum Gasteiger partial charge on any atom is -0.313 e. The summed E-state index contributed by atoms with van der Waals surface area (Å²) in [7, 11) is -3.82. The van der Waals surface area contributed by atoms with E-state index in [9.17, 15) is 13.2 Å². The largest absolute Gasteiger partial charge is 0.313 e. The zero-order valence-corrected chi connectivity index (χ0v) is 22.1. The van der Waals surface area contributed by atoms with Crippen molar-refractivity contribution in [2.24, 2.45) is 10.9 Å². The van der Waals surface area contributed by atoms with Gasteiger partial charge in [0.05, 0.1) is 17.5 Å². The quantitative estimate of drug-likeness (QED) is 0.442. The van der Waals surface area contributed by atoms with Crippen molar-refractivity contribution in [2.45, 2.75) is 59.9 Å². The Labute approximate surface area is 206 Å². The molecule has 1 aliphatic heterocycles. The van der Waals surface area contributed by atoms with E-state index in [1.807, 2.05) is 39.8 Å². The van der Waals surface area contributed by atoms with Gasteiger partial charge in [-0.2, -0.15) is 0 Å². The molecule has 1 heterocycles. The maximum absolute atomic E-state index is 12.3. The van der Waals surface area contributed by atoms with Crippen LogP contribution in [0.5, 0.6) is 0 Å². The molecule has 7 heteroatoms. The molecule has 0 aromatic heterocycles. The summed E-state index contributed by atoms with van der Waals surface area (Å²) in [6, 6.07) is 0.0984. The first kappa shape index (κ1) is 31.2. The molecule has 2 atom stereocenters. The maximum atomic E-state index is 12.3. The molecule has 0 radical (unpaired) electrons. The smallest absolute Gasteiger partial charge is 0.241 e. The molecule has 0 bridgehead atoms. The van der Waals surface area contributed by atoms with Crippen LogP contribution in [0.1, 0.15) is 53.9 Å². The lowest BCUT2D eigenvalue weighted by atomic mass is 9.76. The molecule has 1 fully saturated rings. The van der Waals surface area contributed by atoms with E-state index >= 15 is 0 Å². The van der Waals surface area contributed by atoms with Gasteiger partial charge in [0.25, 0.3) is 0 Å². The summed E-state index contributed by atoms with van der Waals surface area (Å²) in [6.07, 6.45) is 15.9. The molecule has 2 aliphatic rings. The molecule has 2 rings (SSSR count). The fourth-order valence-electron chi connectivity index (χ4n) is 3.63. The summed E-state index contributed by atoms with van der Waals surface area (Å²) >= 11 is 0. The molecule has 1 amide bonds. The lowest BCUT2D eigenvalue weighted by Gasteiger charge is -2.29. The van der Waals surface area contributed by atoms with Crippen molar-refractivity contribution in [1.82, 2.24) is 10.0 Å². The highest BCUT2D eigenvalue weighted by Crippen LogP contribution is 2.41. The number of fused-ring (bicyclic) bond motifs is 1. The second-order valence-electron chi connectivity index (χ2n) is 6.95. The average molecular weight is 488 g/mol. The molecular weight excluding hydrogens is 446 g/mol. The van der Waals surface area contributed by atoms with Gasteiger partial charge < -0.3 is 5.32 Å². The Morgan fingerprint density at radius 1 is 1.12 bits per heavy atom. The van der Waals surface area contributed by atoms with E-state index in [0.717, 1.165) is 12.8 Å². The van der Waals surface area contributed by atoms with Crippen LogP contribution in [0.25, 0.3) is 0 Å². The topological polar surface area (TPSA) is 87.6 Å². The lowest BCUT2D eigenvalue weighted by Crippen LogP contribution is -2.39. The van der Waals surface area contributed by atoms with Crippen LogP contribution in [0.3, 0.4) is 0 Å². The maximum Gasteiger partial charge on any atom is 0.241 e. The average Bonchev–Trinajstić information content (AvgIpc) is 3.25. The molecular formula is C27H41N3O3S. The van der Waals surface area contributed by atoms with E-state index in [0.29, 0.717) is 12.3 Å². The van der Waals surface area contributed by atoms with Gasteiger partial charge in [-0.3, -0.25) is 9.79 Å². The third-order valence-electron chi connectivity index (χ3n) is 4.97. The minimum absolute atomic E-state index is 0.00151. The number of hydrogen-bond acceptors (Lipinski definition) is 4. The Kier molecular flexibility index (Phi) is 15.4. The minimum atomic E-state index is -3.82. The molecule has 0 spiro atoms. The Bertz CT molecular complexity index is 967. The highest BCUT2D eigenvalue weighted by atomic mass is 32.2. The van der Waals surface area contributed by atoms with Gasteiger partial charge in [-0.1, -0.05) is 83.9 Å². The summed E-state index contributed by atoms with van der Waals surface area (Å²) in [6.45, 7) is 20.5. The molecule has 188 valence electrons. The summed E-state index contributed by atoms with van der Waals surface area (Å²) in [5, 5.41) is 2.75. The molecule has 1 aliphatic carbocycles. The fraction of sp³-hybridized carbons (Fsp3) is 0.407. The SMILES string of the molecule is C=C/C=C1/CCC2N=C(NC(=O)CNS(=O)(=O)/C(C=C)=C/C=C\C)CC2/C1=C/C=C.CC.CC. The van der Waals surface area contributed by atoms with Gasteiger partial charge in [0.15, 0.2) is 0 Å². The molecule has 0 aromatic rings.